The Balaban J connectivity index is 1.91. The maximum Gasteiger partial charge on any atom is 0.515 e. The van der Waals surface area contributed by atoms with Crippen LogP contribution < -0.4 is 0 Å². The summed E-state index contributed by atoms with van der Waals surface area (Å²) in [6.45, 7) is 0. The van der Waals surface area contributed by atoms with E-state index in [1.54, 1.807) is 0 Å². The van der Waals surface area contributed by atoms with Crippen LogP contribution >= 0.6 is 0 Å². The average molecular weight is 326 g/mol. The van der Waals surface area contributed by atoms with E-state index in [4.69, 9.17) is 0 Å². The van der Waals surface area contributed by atoms with E-state index in [2.05, 4.69) is 33.7 Å². The topological polar surface area (TPSA) is 52.6 Å². The Morgan fingerprint density at radius 3 is 1.92 bits per heavy atom. The Kier molecular flexibility index (Phi) is 7.02. The molecule has 0 bridgehead atoms. The van der Waals surface area contributed by atoms with Crippen LogP contribution in [0.3, 0.4) is 0 Å². The lowest BCUT2D eigenvalue weighted by molar-refractivity contribution is -0.139. The molecule has 0 unspecified atom stereocenters. The molecule has 2 rings (SSSR count). The van der Waals surface area contributed by atoms with Crippen molar-refractivity contribution in [3.8, 4) is 0 Å². The number of rotatable bonds is 7. The number of unbranched alkanes of at least 4 members (excludes halogenated alkanes) is 1. The summed E-state index contributed by atoms with van der Waals surface area (Å²) in [6.07, 6.45) is 1.73. The van der Waals surface area contributed by atoms with Crippen molar-refractivity contribution >= 4 is 12.1 Å². The summed E-state index contributed by atoms with van der Waals surface area (Å²) in [7, 11) is 1.18. The van der Waals surface area contributed by atoms with E-state index in [0.29, 0.717) is 12.3 Å². The van der Waals surface area contributed by atoms with E-state index in [0.717, 1.165) is 12.8 Å². The molecule has 0 N–H and O–H groups in total. The van der Waals surface area contributed by atoms with Gasteiger partial charge in [-0.3, -0.25) is 4.79 Å². The Morgan fingerprint density at radius 2 is 1.42 bits per heavy atom. The quantitative estimate of drug-likeness (QED) is 0.421. The minimum Gasteiger partial charge on any atom is -0.437 e. The van der Waals surface area contributed by atoms with Gasteiger partial charge in [-0.1, -0.05) is 67.1 Å². The number of carbonyl (C=O) groups excluding carboxylic acids is 2. The van der Waals surface area contributed by atoms with Crippen LogP contribution in [0.25, 0.3) is 0 Å². The van der Waals surface area contributed by atoms with Gasteiger partial charge < -0.3 is 9.47 Å². The van der Waals surface area contributed by atoms with Crippen molar-refractivity contribution in [1.82, 2.24) is 0 Å². The first-order valence-electron chi connectivity index (χ1n) is 8.09. The Bertz CT molecular complexity index is 598. The highest BCUT2D eigenvalue weighted by Crippen LogP contribution is 2.29. The molecule has 0 spiro atoms. The molecule has 0 fully saturated rings. The van der Waals surface area contributed by atoms with Crippen LogP contribution in [0.4, 0.5) is 4.79 Å². The summed E-state index contributed by atoms with van der Waals surface area (Å²) in [6, 6.07) is 20.7. The van der Waals surface area contributed by atoms with Gasteiger partial charge in [-0.2, -0.15) is 0 Å². The predicted molar refractivity (Wildman–Crippen MR) is 91.7 cm³/mol. The van der Waals surface area contributed by atoms with Crippen LogP contribution in [0, 0.1) is 0 Å². The van der Waals surface area contributed by atoms with E-state index in [-0.39, 0.29) is 6.42 Å². The Morgan fingerprint density at radius 1 is 0.875 bits per heavy atom. The monoisotopic (exact) mass is 326 g/mol. The molecule has 0 radical (unpaired) electrons. The van der Waals surface area contributed by atoms with E-state index in [1.807, 2.05) is 36.4 Å². The number of methoxy groups -OCH3 is 1. The number of hydrogen-bond donors (Lipinski definition) is 0. The molecule has 0 heterocycles. The molecule has 2 aromatic rings. The minimum absolute atomic E-state index is 0.214. The molecular weight excluding hydrogens is 304 g/mol. The fourth-order valence-electron chi connectivity index (χ4n) is 2.70. The normalized spacial score (nSPS) is 10.4. The van der Waals surface area contributed by atoms with Crippen LogP contribution in [0.15, 0.2) is 60.7 Å². The van der Waals surface area contributed by atoms with E-state index in [9.17, 15) is 9.59 Å². The SMILES string of the molecule is COC(=O)OC(=O)CCCCC(c1ccccc1)c1ccccc1. The number of esters is 1. The van der Waals surface area contributed by atoms with E-state index >= 15 is 0 Å². The van der Waals surface area contributed by atoms with Crippen LogP contribution in [0.5, 0.6) is 0 Å². The third kappa shape index (κ3) is 5.54. The largest absolute Gasteiger partial charge is 0.515 e. The molecule has 24 heavy (non-hydrogen) atoms. The molecule has 0 aromatic heterocycles. The van der Waals surface area contributed by atoms with Crippen molar-refractivity contribution in [1.29, 1.82) is 0 Å². The second kappa shape index (κ2) is 9.50. The summed E-state index contributed by atoms with van der Waals surface area (Å²) in [4.78, 5) is 22.3. The second-order valence-corrected chi connectivity index (χ2v) is 5.55. The van der Waals surface area contributed by atoms with Gasteiger partial charge >= 0.3 is 12.1 Å². The maximum atomic E-state index is 11.5. The lowest BCUT2D eigenvalue weighted by atomic mass is 9.87. The molecule has 0 amide bonds. The maximum absolute atomic E-state index is 11.5. The van der Waals surface area contributed by atoms with Gasteiger partial charge in [-0.15, -0.1) is 0 Å². The molecular formula is C20H22O4. The number of ether oxygens (including phenoxy) is 2. The van der Waals surface area contributed by atoms with Crippen molar-refractivity contribution in [3.63, 3.8) is 0 Å². The molecule has 0 aliphatic heterocycles. The zero-order chi connectivity index (χ0) is 17.2. The highest BCUT2D eigenvalue weighted by molar-refractivity contribution is 5.81. The zero-order valence-electron chi connectivity index (χ0n) is 13.8. The zero-order valence-corrected chi connectivity index (χ0v) is 13.8. The standard InChI is InChI=1S/C20H22O4/c1-23-20(22)24-19(21)15-9-8-14-18(16-10-4-2-5-11-16)17-12-6-3-7-13-17/h2-7,10-13,18H,8-9,14-15H2,1H3. The average Bonchev–Trinajstić information content (AvgIpc) is 2.63. The highest BCUT2D eigenvalue weighted by atomic mass is 16.7. The summed E-state index contributed by atoms with van der Waals surface area (Å²) in [5, 5.41) is 0. The minimum atomic E-state index is -0.952. The summed E-state index contributed by atoms with van der Waals surface area (Å²) in [5.74, 6) is -0.248. The molecule has 0 saturated carbocycles. The molecule has 4 heteroatoms. The van der Waals surface area contributed by atoms with Gasteiger partial charge in [0, 0.05) is 12.3 Å². The van der Waals surface area contributed by atoms with Crippen molar-refractivity contribution in [2.45, 2.75) is 31.6 Å². The van der Waals surface area contributed by atoms with Gasteiger partial charge in [0.2, 0.25) is 0 Å². The van der Waals surface area contributed by atoms with Crippen LogP contribution in [0.1, 0.15) is 42.7 Å². The van der Waals surface area contributed by atoms with Crippen molar-refractivity contribution in [2.24, 2.45) is 0 Å². The van der Waals surface area contributed by atoms with Crippen LogP contribution in [-0.4, -0.2) is 19.2 Å². The number of carbonyl (C=O) groups is 2. The fourth-order valence-corrected chi connectivity index (χ4v) is 2.70. The van der Waals surface area contributed by atoms with E-state index in [1.165, 1.54) is 18.2 Å². The third-order valence-corrected chi connectivity index (χ3v) is 3.89. The molecule has 0 atom stereocenters. The summed E-state index contributed by atoms with van der Waals surface area (Å²) >= 11 is 0. The van der Waals surface area contributed by atoms with Gasteiger partial charge in [0.1, 0.15) is 0 Å². The summed E-state index contributed by atoms with van der Waals surface area (Å²) in [5.41, 5.74) is 2.53. The fraction of sp³-hybridized carbons (Fsp3) is 0.300. The first kappa shape index (κ1) is 17.7. The van der Waals surface area contributed by atoms with Gasteiger partial charge in [-0.05, 0) is 24.0 Å². The molecule has 4 nitrogen and oxygen atoms in total. The van der Waals surface area contributed by atoms with Crippen LogP contribution in [-0.2, 0) is 14.3 Å². The van der Waals surface area contributed by atoms with Crippen molar-refractivity contribution < 1.29 is 19.1 Å². The van der Waals surface area contributed by atoms with Gasteiger partial charge in [-0.25, -0.2) is 4.79 Å². The smallest absolute Gasteiger partial charge is 0.437 e. The molecule has 2 aromatic carbocycles. The predicted octanol–water partition coefficient (Wildman–Crippen LogP) is 4.69. The summed E-state index contributed by atoms with van der Waals surface area (Å²) < 4.78 is 8.77. The van der Waals surface area contributed by atoms with E-state index < -0.39 is 12.1 Å². The molecule has 0 saturated heterocycles. The number of hydrogen-bond acceptors (Lipinski definition) is 4. The lowest BCUT2D eigenvalue weighted by Crippen LogP contribution is -2.11. The lowest BCUT2D eigenvalue weighted by Gasteiger charge is -2.18. The molecule has 0 aliphatic carbocycles. The van der Waals surface area contributed by atoms with Gasteiger partial charge in [0.15, 0.2) is 0 Å². The first-order chi connectivity index (χ1) is 11.7. The van der Waals surface area contributed by atoms with Crippen LogP contribution in [0.2, 0.25) is 0 Å². The number of benzene rings is 2. The molecule has 126 valence electrons. The highest BCUT2D eigenvalue weighted by Gasteiger charge is 2.14. The third-order valence-electron chi connectivity index (χ3n) is 3.89. The van der Waals surface area contributed by atoms with Gasteiger partial charge in [0.05, 0.1) is 7.11 Å². The van der Waals surface area contributed by atoms with Crippen molar-refractivity contribution in [2.75, 3.05) is 7.11 Å². The first-order valence-corrected chi connectivity index (χ1v) is 8.09. The Labute approximate surface area is 142 Å². The van der Waals surface area contributed by atoms with Gasteiger partial charge in [0.25, 0.3) is 0 Å². The Hall–Kier alpha value is -2.62. The van der Waals surface area contributed by atoms with Crippen molar-refractivity contribution in [3.05, 3.63) is 71.8 Å². The molecule has 0 aliphatic rings. The second-order valence-electron chi connectivity index (χ2n) is 5.55.